The van der Waals surface area contributed by atoms with E-state index in [0.717, 1.165) is 50.9 Å². The van der Waals surface area contributed by atoms with Crippen LogP contribution in [0.1, 0.15) is 0 Å². The van der Waals surface area contributed by atoms with Crippen LogP contribution in [-0.4, -0.2) is 8.97 Å². The zero-order valence-corrected chi connectivity index (χ0v) is 34.9. The molecule has 0 aliphatic heterocycles. The van der Waals surface area contributed by atoms with E-state index in [0.29, 0.717) is 0 Å². The van der Waals surface area contributed by atoms with Crippen molar-refractivity contribution in [3.8, 4) is 16.8 Å². The Bertz CT molecular complexity index is 3790. The number of para-hydroxylation sites is 5. The van der Waals surface area contributed by atoms with Gasteiger partial charge in [0.2, 0.25) is 0 Å². The van der Waals surface area contributed by atoms with Gasteiger partial charge in [-0.15, -0.1) is 0 Å². The summed E-state index contributed by atoms with van der Waals surface area (Å²) in [6.07, 6.45) is 0. The lowest BCUT2D eigenvalue weighted by molar-refractivity contribution is 1.17. The standard InChI is InChI=1S/C60H40N4/c1-5-19-41(20-6-1)42-37-48(61(43-21-7-2-8-22-43)44-23-9-3-10-24-44)40-49(38-42)62(45-25-11-4-12-26-45)46-27-15-28-47(39-46)63-55-34-17-30-51-53-32-16-31-52-50-29-13-14-33-54(50)64(60(52)53)57-36-18-35-56(63)59(57)58(51)55/h1-40H. The highest BCUT2D eigenvalue weighted by atomic mass is 15.2. The summed E-state index contributed by atoms with van der Waals surface area (Å²) in [6.45, 7) is 0. The van der Waals surface area contributed by atoms with Gasteiger partial charge in [0.25, 0.3) is 0 Å². The Labute approximate surface area is 370 Å². The number of hydrogen-bond donors (Lipinski definition) is 0. The summed E-state index contributed by atoms with van der Waals surface area (Å²) in [5.41, 5.74) is 15.9. The van der Waals surface area contributed by atoms with E-state index in [1.807, 2.05) is 0 Å². The Morgan fingerprint density at radius 3 is 1.39 bits per heavy atom. The molecule has 13 rings (SSSR count). The molecule has 0 fully saturated rings. The molecule has 64 heavy (non-hydrogen) atoms. The molecule has 10 aromatic carbocycles. The van der Waals surface area contributed by atoms with E-state index >= 15 is 0 Å². The highest BCUT2D eigenvalue weighted by molar-refractivity contribution is 6.31. The molecular weight excluding hydrogens is 777 g/mol. The van der Waals surface area contributed by atoms with Gasteiger partial charge in [0, 0.05) is 66.7 Å². The number of hydrogen-bond acceptors (Lipinski definition) is 2. The molecule has 3 aromatic heterocycles. The van der Waals surface area contributed by atoms with Gasteiger partial charge in [0.05, 0.1) is 27.6 Å². The number of nitrogens with zero attached hydrogens (tertiary/aromatic N) is 4. The Morgan fingerprint density at radius 1 is 0.266 bits per heavy atom. The smallest absolute Gasteiger partial charge is 0.0619 e. The summed E-state index contributed by atoms with van der Waals surface area (Å²) in [5.74, 6) is 0. The van der Waals surface area contributed by atoms with Crippen LogP contribution in [0.2, 0.25) is 0 Å². The van der Waals surface area contributed by atoms with E-state index in [-0.39, 0.29) is 0 Å². The lowest BCUT2D eigenvalue weighted by Gasteiger charge is -2.30. The SMILES string of the molecule is c1ccc(-c2cc(N(c3ccccc3)c3ccccc3)cc(N(c3ccccc3)c3cccc(-n4c5cccc6c7cccc8c9ccccc9n(c9cccc4c9c65)c78)c3)c2)cc1. The van der Waals surface area contributed by atoms with Crippen molar-refractivity contribution in [2.45, 2.75) is 0 Å². The first kappa shape index (κ1) is 36.1. The second-order valence-electron chi connectivity index (χ2n) is 16.6. The molecule has 0 N–H and O–H groups in total. The van der Waals surface area contributed by atoms with Crippen LogP contribution in [0.5, 0.6) is 0 Å². The summed E-state index contributed by atoms with van der Waals surface area (Å²) in [7, 11) is 0. The first-order chi connectivity index (χ1) is 31.8. The molecule has 4 heteroatoms. The van der Waals surface area contributed by atoms with Crippen LogP contribution in [0.25, 0.3) is 76.7 Å². The molecule has 0 unspecified atom stereocenters. The second-order valence-corrected chi connectivity index (χ2v) is 16.6. The minimum Gasteiger partial charge on any atom is -0.310 e. The summed E-state index contributed by atoms with van der Waals surface area (Å²) < 4.78 is 4.98. The minimum absolute atomic E-state index is 1.05. The third-order valence-corrected chi connectivity index (χ3v) is 12.9. The van der Waals surface area contributed by atoms with Gasteiger partial charge >= 0.3 is 0 Å². The lowest BCUT2D eigenvalue weighted by Crippen LogP contribution is -2.14. The quantitative estimate of drug-likeness (QED) is 0.152. The maximum absolute atomic E-state index is 2.51. The van der Waals surface area contributed by atoms with E-state index < -0.39 is 0 Å². The fourth-order valence-corrected chi connectivity index (χ4v) is 10.3. The zero-order chi connectivity index (χ0) is 42.1. The van der Waals surface area contributed by atoms with Gasteiger partial charge in [-0.05, 0) is 114 Å². The third kappa shape index (κ3) is 5.56. The predicted octanol–water partition coefficient (Wildman–Crippen LogP) is 16.5. The Morgan fingerprint density at radius 2 is 0.719 bits per heavy atom. The van der Waals surface area contributed by atoms with E-state index in [2.05, 4.69) is 261 Å². The molecule has 0 atom stereocenters. The van der Waals surface area contributed by atoms with Gasteiger partial charge in [0.1, 0.15) is 0 Å². The van der Waals surface area contributed by atoms with Crippen LogP contribution < -0.4 is 9.80 Å². The topological polar surface area (TPSA) is 15.8 Å². The molecule has 0 bridgehead atoms. The van der Waals surface area contributed by atoms with Crippen molar-refractivity contribution in [2.24, 2.45) is 0 Å². The average molecular weight is 817 g/mol. The molecule has 0 amide bonds. The minimum atomic E-state index is 1.05. The largest absolute Gasteiger partial charge is 0.310 e. The summed E-state index contributed by atoms with van der Waals surface area (Å²) in [4.78, 5) is 4.76. The van der Waals surface area contributed by atoms with E-state index in [9.17, 15) is 0 Å². The van der Waals surface area contributed by atoms with E-state index in [1.54, 1.807) is 0 Å². The predicted molar refractivity (Wildman–Crippen MR) is 270 cm³/mol. The number of fused-ring (bicyclic) bond motifs is 5. The normalized spacial score (nSPS) is 11.8. The van der Waals surface area contributed by atoms with Gasteiger partial charge in [0.15, 0.2) is 0 Å². The molecule has 0 aliphatic rings. The molecule has 0 radical (unpaired) electrons. The molecule has 0 saturated carbocycles. The average Bonchev–Trinajstić information content (AvgIpc) is 3.85. The lowest BCUT2D eigenvalue weighted by atomic mass is 10.0. The van der Waals surface area contributed by atoms with Crippen molar-refractivity contribution in [1.82, 2.24) is 8.97 Å². The van der Waals surface area contributed by atoms with Crippen LogP contribution in [0.15, 0.2) is 243 Å². The fraction of sp³-hybridized carbons (Fsp3) is 0. The number of anilines is 6. The fourth-order valence-electron chi connectivity index (χ4n) is 10.3. The molecule has 4 nitrogen and oxygen atoms in total. The van der Waals surface area contributed by atoms with Crippen LogP contribution in [0.3, 0.4) is 0 Å². The van der Waals surface area contributed by atoms with Crippen molar-refractivity contribution in [1.29, 1.82) is 0 Å². The number of aromatic nitrogens is 2. The Balaban J connectivity index is 1.07. The van der Waals surface area contributed by atoms with Crippen molar-refractivity contribution in [2.75, 3.05) is 9.80 Å². The van der Waals surface area contributed by atoms with Crippen LogP contribution in [-0.2, 0) is 0 Å². The summed E-state index contributed by atoms with van der Waals surface area (Å²) >= 11 is 0. The third-order valence-electron chi connectivity index (χ3n) is 12.9. The summed E-state index contributed by atoms with van der Waals surface area (Å²) in [5, 5.41) is 7.61. The van der Waals surface area contributed by atoms with Crippen molar-refractivity contribution < 1.29 is 0 Å². The van der Waals surface area contributed by atoms with Crippen LogP contribution in [0.4, 0.5) is 34.1 Å². The number of rotatable bonds is 8. The highest BCUT2D eigenvalue weighted by Crippen LogP contribution is 2.46. The van der Waals surface area contributed by atoms with Gasteiger partial charge in [-0.2, -0.15) is 0 Å². The van der Waals surface area contributed by atoms with Gasteiger partial charge in [-0.3, -0.25) is 0 Å². The first-order valence-electron chi connectivity index (χ1n) is 21.9. The first-order valence-corrected chi connectivity index (χ1v) is 21.9. The van der Waals surface area contributed by atoms with Crippen molar-refractivity contribution >= 4 is 94.0 Å². The second kappa shape index (κ2) is 14.5. The number of benzene rings is 10. The van der Waals surface area contributed by atoms with Crippen molar-refractivity contribution in [3.63, 3.8) is 0 Å². The van der Waals surface area contributed by atoms with Gasteiger partial charge in [-0.1, -0.05) is 146 Å². The molecule has 0 saturated heterocycles. The molecule has 3 heterocycles. The van der Waals surface area contributed by atoms with Gasteiger partial charge < -0.3 is 18.8 Å². The highest BCUT2D eigenvalue weighted by Gasteiger charge is 2.24. The molecule has 0 aliphatic carbocycles. The van der Waals surface area contributed by atoms with E-state index in [4.69, 9.17) is 0 Å². The van der Waals surface area contributed by atoms with Crippen LogP contribution in [0, 0.1) is 0 Å². The monoisotopic (exact) mass is 816 g/mol. The van der Waals surface area contributed by atoms with Crippen LogP contribution >= 0.6 is 0 Å². The summed E-state index contributed by atoms with van der Waals surface area (Å²) in [6, 6.07) is 88.1. The molecule has 0 spiro atoms. The molecule has 300 valence electrons. The Hall–Kier alpha value is -8.60. The zero-order valence-electron chi connectivity index (χ0n) is 34.9. The van der Waals surface area contributed by atoms with Gasteiger partial charge in [-0.25, -0.2) is 0 Å². The Kier molecular flexibility index (Phi) is 8.18. The maximum Gasteiger partial charge on any atom is 0.0619 e. The van der Waals surface area contributed by atoms with E-state index in [1.165, 1.54) is 59.9 Å². The molecular formula is C60H40N4. The maximum atomic E-state index is 2.51. The van der Waals surface area contributed by atoms with Crippen molar-refractivity contribution in [3.05, 3.63) is 243 Å². The molecule has 13 aromatic rings.